The summed E-state index contributed by atoms with van der Waals surface area (Å²) in [6.45, 7) is 1.56. The zero-order chi connectivity index (χ0) is 21.5. The summed E-state index contributed by atoms with van der Waals surface area (Å²) in [5.74, 6) is 0.611. The maximum atomic E-state index is 13.0. The lowest BCUT2D eigenvalue weighted by Crippen LogP contribution is -2.34. The van der Waals surface area contributed by atoms with Gasteiger partial charge in [0.05, 0.1) is 0 Å². The van der Waals surface area contributed by atoms with Crippen LogP contribution in [-0.4, -0.2) is 39.8 Å². The normalized spacial score (nSPS) is 13.3. The van der Waals surface area contributed by atoms with Crippen LogP contribution in [0.2, 0.25) is 0 Å². The average Bonchev–Trinajstić information content (AvgIpc) is 3.24. The van der Waals surface area contributed by atoms with E-state index < -0.39 is 0 Å². The van der Waals surface area contributed by atoms with Gasteiger partial charge < -0.3 is 14.5 Å². The van der Waals surface area contributed by atoms with Crippen molar-refractivity contribution in [2.45, 2.75) is 25.9 Å². The number of amides is 2. The first-order chi connectivity index (χ1) is 15.2. The quantitative estimate of drug-likeness (QED) is 0.564. The van der Waals surface area contributed by atoms with Crippen LogP contribution >= 0.6 is 0 Å². The fourth-order valence-electron chi connectivity index (χ4n) is 3.53. The molecule has 0 aliphatic carbocycles. The molecule has 2 aromatic heterocycles. The van der Waals surface area contributed by atoms with Gasteiger partial charge in [0.2, 0.25) is 5.91 Å². The topological polar surface area (TPSA) is 75.6 Å². The number of ether oxygens (including phenoxy) is 1. The lowest BCUT2D eigenvalue weighted by atomic mass is 10.2. The Morgan fingerprint density at radius 2 is 1.74 bits per heavy atom. The zero-order valence-electron chi connectivity index (χ0n) is 17.2. The molecule has 2 amide bonds. The predicted octanol–water partition coefficient (Wildman–Crippen LogP) is 3.21. The molecule has 0 radical (unpaired) electrons. The molecule has 3 heterocycles. The molecule has 1 aromatic carbocycles. The molecule has 0 unspecified atom stereocenters. The van der Waals surface area contributed by atoms with Gasteiger partial charge >= 0.3 is 0 Å². The van der Waals surface area contributed by atoms with E-state index in [1.54, 1.807) is 46.7 Å². The SMILES string of the molecule is O=C(COc1ccc(N2CCCC2=O)cc1)N(Cc1ccncc1)Cc1cccnc1. The maximum absolute atomic E-state index is 13.0. The third-order valence-corrected chi connectivity index (χ3v) is 5.16. The summed E-state index contributed by atoms with van der Waals surface area (Å²) < 4.78 is 5.75. The van der Waals surface area contributed by atoms with Crippen LogP contribution in [0.5, 0.6) is 5.75 Å². The number of benzene rings is 1. The number of rotatable bonds is 8. The second-order valence-corrected chi connectivity index (χ2v) is 7.40. The minimum absolute atomic E-state index is 0.0761. The van der Waals surface area contributed by atoms with Crippen LogP contribution in [0.15, 0.2) is 73.3 Å². The summed E-state index contributed by atoms with van der Waals surface area (Å²) in [7, 11) is 0. The van der Waals surface area contributed by atoms with Gasteiger partial charge in [-0.3, -0.25) is 19.6 Å². The summed E-state index contributed by atoms with van der Waals surface area (Å²) in [6.07, 6.45) is 8.37. The lowest BCUT2D eigenvalue weighted by Gasteiger charge is -2.23. The van der Waals surface area contributed by atoms with Crippen molar-refractivity contribution in [2.24, 2.45) is 0 Å². The Morgan fingerprint density at radius 3 is 2.42 bits per heavy atom. The van der Waals surface area contributed by atoms with Crippen molar-refractivity contribution in [1.82, 2.24) is 14.9 Å². The molecule has 31 heavy (non-hydrogen) atoms. The first kappa shape index (κ1) is 20.5. The largest absolute Gasteiger partial charge is 0.484 e. The Hall–Kier alpha value is -3.74. The highest BCUT2D eigenvalue weighted by Crippen LogP contribution is 2.24. The Kier molecular flexibility index (Phi) is 6.52. The second kappa shape index (κ2) is 9.84. The molecule has 1 saturated heterocycles. The van der Waals surface area contributed by atoms with Crippen LogP contribution in [0.1, 0.15) is 24.0 Å². The van der Waals surface area contributed by atoms with Crippen molar-refractivity contribution in [3.05, 3.63) is 84.4 Å². The number of pyridine rings is 2. The monoisotopic (exact) mass is 416 g/mol. The third kappa shape index (κ3) is 5.45. The highest BCUT2D eigenvalue weighted by atomic mass is 16.5. The smallest absolute Gasteiger partial charge is 0.261 e. The molecule has 3 aromatic rings. The first-order valence-corrected chi connectivity index (χ1v) is 10.3. The highest BCUT2D eigenvalue weighted by Gasteiger charge is 2.21. The number of nitrogens with zero attached hydrogens (tertiary/aromatic N) is 4. The summed E-state index contributed by atoms with van der Waals surface area (Å²) in [5.41, 5.74) is 2.80. The average molecular weight is 416 g/mol. The van der Waals surface area contributed by atoms with Crippen molar-refractivity contribution in [3.63, 3.8) is 0 Å². The first-order valence-electron chi connectivity index (χ1n) is 10.3. The molecule has 1 fully saturated rings. The van der Waals surface area contributed by atoms with Crippen LogP contribution in [0.25, 0.3) is 0 Å². The molecule has 158 valence electrons. The summed E-state index contributed by atoms with van der Waals surface area (Å²) in [5, 5.41) is 0. The summed E-state index contributed by atoms with van der Waals surface area (Å²) in [4.78, 5) is 36.5. The number of carbonyl (C=O) groups excluding carboxylic acids is 2. The number of carbonyl (C=O) groups is 2. The van der Waals surface area contributed by atoms with Gasteiger partial charge in [-0.2, -0.15) is 0 Å². The molecule has 0 bridgehead atoms. The number of hydrogen-bond donors (Lipinski definition) is 0. The fraction of sp³-hybridized carbons (Fsp3) is 0.250. The summed E-state index contributed by atoms with van der Waals surface area (Å²) in [6, 6.07) is 14.9. The van der Waals surface area contributed by atoms with Crippen LogP contribution in [0.4, 0.5) is 5.69 Å². The third-order valence-electron chi connectivity index (χ3n) is 5.16. The molecule has 0 saturated carbocycles. The molecule has 1 aliphatic heterocycles. The maximum Gasteiger partial charge on any atom is 0.261 e. The standard InChI is InChI=1S/C24H24N4O3/c29-23-4-2-14-28(23)21-5-7-22(8-6-21)31-18-24(30)27(16-19-9-12-25-13-10-19)17-20-3-1-11-26-15-20/h1,3,5-13,15H,2,4,14,16-18H2. The van der Waals surface area contributed by atoms with E-state index in [2.05, 4.69) is 9.97 Å². The molecular formula is C24H24N4O3. The molecule has 0 N–H and O–H groups in total. The predicted molar refractivity (Wildman–Crippen MR) is 116 cm³/mol. The second-order valence-electron chi connectivity index (χ2n) is 7.40. The van der Waals surface area contributed by atoms with E-state index in [1.807, 2.05) is 36.4 Å². The van der Waals surface area contributed by atoms with Crippen LogP contribution in [-0.2, 0) is 22.7 Å². The van der Waals surface area contributed by atoms with Gasteiger partial charge in [0, 0.05) is 56.5 Å². The number of anilines is 1. The molecule has 0 spiro atoms. The van der Waals surface area contributed by atoms with Gasteiger partial charge in [0.1, 0.15) is 5.75 Å². The van der Waals surface area contributed by atoms with Crippen molar-refractivity contribution < 1.29 is 14.3 Å². The Balaban J connectivity index is 1.40. The van der Waals surface area contributed by atoms with Crippen molar-refractivity contribution in [1.29, 1.82) is 0 Å². The van der Waals surface area contributed by atoms with E-state index in [0.717, 1.165) is 29.8 Å². The van der Waals surface area contributed by atoms with Gasteiger partial charge in [-0.1, -0.05) is 6.07 Å². The van der Waals surface area contributed by atoms with Gasteiger partial charge in [0.25, 0.3) is 5.91 Å². The lowest BCUT2D eigenvalue weighted by molar-refractivity contribution is -0.134. The van der Waals surface area contributed by atoms with Crippen LogP contribution in [0, 0.1) is 0 Å². The van der Waals surface area contributed by atoms with Gasteiger partial charge in [-0.15, -0.1) is 0 Å². The molecular weight excluding hydrogens is 392 g/mol. The van der Waals surface area contributed by atoms with E-state index in [-0.39, 0.29) is 18.4 Å². The Labute approximate surface area is 181 Å². The van der Waals surface area contributed by atoms with E-state index in [4.69, 9.17) is 4.74 Å². The number of hydrogen-bond acceptors (Lipinski definition) is 5. The number of aromatic nitrogens is 2. The summed E-state index contributed by atoms with van der Waals surface area (Å²) >= 11 is 0. The van der Waals surface area contributed by atoms with Gasteiger partial charge in [0.15, 0.2) is 6.61 Å². The zero-order valence-corrected chi connectivity index (χ0v) is 17.2. The van der Waals surface area contributed by atoms with E-state index in [0.29, 0.717) is 25.3 Å². The molecule has 0 atom stereocenters. The van der Waals surface area contributed by atoms with Gasteiger partial charge in [-0.05, 0) is 60.0 Å². The highest BCUT2D eigenvalue weighted by molar-refractivity contribution is 5.95. The van der Waals surface area contributed by atoms with Crippen LogP contribution < -0.4 is 9.64 Å². The Bertz CT molecular complexity index is 969. The van der Waals surface area contributed by atoms with Crippen LogP contribution in [0.3, 0.4) is 0 Å². The molecule has 1 aliphatic rings. The van der Waals surface area contributed by atoms with E-state index in [1.165, 1.54) is 0 Å². The van der Waals surface area contributed by atoms with E-state index >= 15 is 0 Å². The molecule has 4 rings (SSSR count). The molecule has 7 heteroatoms. The van der Waals surface area contributed by atoms with Crippen molar-refractivity contribution in [3.8, 4) is 5.75 Å². The van der Waals surface area contributed by atoms with Gasteiger partial charge in [-0.25, -0.2) is 0 Å². The minimum Gasteiger partial charge on any atom is -0.484 e. The van der Waals surface area contributed by atoms with Crippen molar-refractivity contribution in [2.75, 3.05) is 18.1 Å². The molecule has 7 nitrogen and oxygen atoms in total. The van der Waals surface area contributed by atoms with E-state index in [9.17, 15) is 9.59 Å². The Morgan fingerprint density at radius 1 is 0.968 bits per heavy atom. The van der Waals surface area contributed by atoms with Crippen molar-refractivity contribution >= 4 is 17.5 Å². The fourth-order valence-corrected chi connectivity index (χ4v) is 3.53. The minimum atomic E-state index is -0.125.